The first-order valence-corrected chi connectivity index (χ1v) is 6.37. The molecule has 104 valence electrons. The predicted octanol–water partition coefficient (Wildman–Crippen LogP) is 1.30. The van der Waals surface area contributed by atoms with Crippen molar-refractivity contribution in [2.45, 2.75) is 6.54 Å². The van der Waals surface area contributed by atoms with E-state index < -0.39 is 0 Å². The predicted molar refractivity (Wildman–Crippen MR) is 76.9 cm³/mol. The van der Waals surface area contributed by atoms with Gasteiger partial charge in [0.2, 0.25) is 0 Å². The van der Waals surface area contributed by atoms with E-state index in [0.29, 0.717) is 12.1 Å². The number of aliphatic hydroxyl groups is 1. The average Bonchev–Trinajstić information content (AvgIpc) is 2.48. The lowest BCUT2D eigenvalue weighted by atomic mass is 10.1. The van der Waals surface area contributed by atoms with Crippen molar-refractivity contribution in [2.24, 2.45) is 0 Å². The third-order valence-electron chi connectivity index (χ3n) is 2.94. The van der Waals surface area contributed by atoms with Crippen molar-refractivity contribution in [2.75, 3.05) is 18.9 Å². The van der Waals surface area contributed by atoms with Gasteiger partial charge >= 0.3 is 0 Å². The van der Waals surface area contributed by atoms with Crippen LogP contribution in [-0.4, -0.2) is 34.0 Å². The van der Waals surface area contributed by atoms with Gasteiger partial charge in [0.05, 0.1) is 12.2 Å². The maximum atomic E-state index is 12.5. The molecule has 0 bridgehead atoms. The number of carbonyl (C=O) groups excluding carboxylic acids is 1. The number of amides is 1. The summed E-state index contributed by atoms with van der Waals surface area (Å²) >= 11 is 0. The molecule has 0 unspecified atom stereocenters. The third kappa shape index (κ3) is 3.33. The zero-order chi connectivity index (χ0) is 14.4. The van der Waals surface area contributed by atoms with Crippen LogP contribution in [0.1, 0.15) is 15.9 Å². The Labute approximate surface area is 117 Å². The number of pyridine rings is 1. The van der Waals surface area contributed by atoms with Gasteiger partial charge < -0.3 is 15.7 Å². The molecule has 20 heavy (non-hydrogen) atoms. The van der Waals surface area contributed by atoms with Crippen LogP contribution in [0.25, 0.3) is 0 Å². The Morgan fingerprint density at radius 2 is 1.95 bits per heavy atom. The second-order valence-electron chi connectivity index (χ2n) is 4.37. The van der Waals surface area contributed by atoms with E-state index in [9.17, 15) is 4.79 Å². The molecule has 0 radical (unpaired) electrons. The molecule has 0 aliphatic carbocycles. The fourth-order valence-electron chi connectivity index (χ4n) is 1.95. The van der Waals surface area contributed by atoms with Crippen LogP contribution in [0, 0.1) is 0 Å². The first kappa shape index (κ1) is 14.0. The van der Waals surface area contributed by atoms with Crippen molar-refractivity contribution in [1.82, 2.24) is 9.88 Å². The molecule has 2 rings (SSSR count). The number of nitrogens with zero attached hydrogens (tertiary/aromatic N) is 2. The highest BCUT2D eigenvalue weighted by Gasteiger charge is 2.18. The number of aromatic nitrogens is 1. The first-order chi connectivity index (χ1) is 9.72. The number of hydrogen-bond donors (Lipinski definition) is 2. The van der Waals surface area contributed by atoms with Gasteiger partial charge in [-0.15, -0.1) is 0 Å². The molecule has 0 saturated carbocycles. The fourth-order valence-corrected chi connectivity index (χ4v) is 1.95. The van der Waals surface area contributed by atoms with Crippen LogP contribution in [-0.2, 0) is 6.54 Å². The van der Waals surface area contributed by atoms with Crippen molar-refractivity contribution in [1.29, 1.82) is 0 Å². The van der Waals surface area contributed by atoms with Gasteiger partial charge in [-0.3, -0.25) is 4.79 Å². The molecule has 0 aliphatic heterocycles. The number of hydrogen-bond acceptors (Lipinski definition) is 4. The van der Waals surface area contributed by atoms with Gasteiger partial charge in [0, 0.05) is 19.3 Å². The standard InChI is InChI=1S/C15H17N3O2/c16-14-13(7-4-8-17-14)15(20)18(9-10-19)11-12-5-2-1-3-6-12/h1-8,19H,9-11H2,(H2,16,17). The molecular formula is C15H17N3O2. The van der Waals surface area contributed by atoms with E-state index in [4.69, 9.17) is 10.8 Å². The van der Waals surface area contributed by atoms with Crippen LogP contribution in [0.2, 0.25) is 0 Å². The van der Waals surface area contributed by atoms with Gasteiger partial charge in [0.25, 0.3) is 5.91 Å². The minimum absolute atomic E-state index is 0.0985. The molecule has 5 nitrogen and oxygen atoms in total. The van der Waals surface area contributed by atoms with E-state index >= 15 is 0 Å². The number of rotatable bonds is 5. The van der Waals surface area contributed by atoms with E-state index in [1.165, 1.54) is 0 Å². The van der Waals surface area contributed by atoms with Gasteiger partial charge in [0.1, 0.15) is 5.82 Å². The molecule has 0 spiro atoms. The summed E-state index contributed by atoms with van der Waals surface area (Å²) in [7, 11) is 0. The maximum absolute atomic E-state index is 12.5. The van der Waals surface area contributed by atoms with Crippen molar-refractivity contribution >= 4 is 11.7 Å². The molecular weight excluding hydrogens is 254 g/mol. The van der Waals surface area contributed by atoms with Crippen LogP contribution < -0.4 is 5.73 Å². The lowest BCUT2D eigenvalue weighted by molar-refractivity contribution is 0.0708. The van der Waals surface area contributed by atoms with Gasteiger partial charge in [0.15, 0.2) is 0 Å². The van der Waals surface area contributed by atoms with E-state index in [-0.39, 0.29) is 24.9 Å². The highest BCUT2D eigenvalue weighted by atomic mass is 16.3. The van der Waals surface area contributed by atoms with E-state index in [0.717, 1.165) is 5.56 Å². The second-order valence-corrected chi connectivity index (χ2v) is 4.37. The lowest BCUT2D eigenvalue weighted by Gasteiger charge is -2.22. The van der Waals surface area contributed by atoms with Crippen molar-refractivity contribution < 1.29 is 9.90 Å². The normalized spacial score (nSPS) is 10.2. The Bertz CT molecular complexity index is 572. The molecule has 1 amide bonds. The number of aliphatic hydroxyl groups excluding tert-OH is 1. The number of anilines is 1. The van der Waals surface area contributed by atoms with E-state index in [1.54, 1.807) is 23.2 Å². The first-order valence-electron chi connectivity index (χ1n) is 6.37. The van der Waals surface area contributed by atoms with Crippen LogP contribution in [0.5, 0.6) is 0 Å². The summed E-state index contributed by atoms with van der Waals surface area (Å²) in [5.74, 6) is -0.0259. The Hall–Kier alpha value is -2.40. The minimum atomic E-state index is -0.228. The molecule has 3 N–H and O–H groups in total. The van der Waals surface area contributed by atoms with Crippen LogP contribution >= 0.6 is 0 Å². The Balaban J connectivity index is 2.20. The topological polar surface area (TPSA) is 79.5 Å². The quantitative estimate of drug-likeness (QED) is 0.859. The Morgan fingerprint density at radius 1 is 1.20 bits per heavy atom. The van der Waals surface area contributed by atoms with E-state index in [1.807, 2.05) is 30.3 Å². The fraction of sp³-hybridized carbons (Fsp3) is 0.200. The zero-order valence-corrected chi connectivity index (χ0v) is 11.1. The van der Waals surface area contributed by atoms with Crippen molar-refractivity contribution in [3.8, 4) is 0 Å². The number of carbonyl (C=O) groups is 1. The monoisotopic (exact) mass is 271 g/mol. The number of nitrogen functional groups attached to an aromatic ring is 1. The molecule has 0 saturated heterocycles. The molecule has 2 aromatic rings. The van der Waals surface area contributed by atoms with Gasteiger partial charge in [-0.25, -0.2) is 4.98 Å². The summed E-state index contributed by atoms with van der Waals surface area (Å²) < 4.78 is 0. The molecule has 0 fully saturated rings. The molecule has 0 atom stereocenters. The van der Waals surface area contributed by atoms with Crippen LogP contribution in [0.15, 0.2) is 48.7 Å². The smallest absolute Gasteiger partial charge is 0.257 e. The average molecular weight is 271 g/mol. The molecule has 1 aromatic carbocycles. The summed E-state index contributed by atoms with van der Waals surface area (Å²) in [6.45, 7) is 0.579. The summed E-state index contributed by atoms with van der Waals surface area (Å²) in [5, 5.41) is 9.14. The number of nitrogens with two attached hydrogens (primary N) is 1. The summed E-state index contributed by atoms with van der Waals surface area (Å²) in [6.07, 6.45) is 1.54. The summed E-state index contributed by atoms with van der Waals surface area (Å²) in [6, 6.07) is 12.9. The lowest BCUT2D eigenvalue weighted by Crippen LogP contribution is -2.33. The second kappa shape index (κ2) is 6.68. The Kier molecular flexibility index (Phi) is 4.68. The summed E-state index contributed by atoms with van der Waals surface area (Å²) in [5.41, 5.74) is 7.08. The SMILES string of the molecule is Nc1ncccc1C(=O)N(CCO)Cc1ccccc1. The highest BCUT2D eigenvalue weighted by molar-refractivity contribution is 5.98. The highest BCUT2D eigenvalue weighted by Crippen LogP contribution is 2.13. The Morgan fingerprint density at radius 3 is 2.60 bits per heavy atom. The molecule has 0 aliphatic rings. The maximum Gasteiger partial charge on any atom is 0.257 e. The van der Waals surface area contributed by atoms with Gasteiger partial charge in [-0.2, -0.15) is 0 Å². The molecule has 5 heteroatoms. The minimum Gasteiger partial charge on any atom is -0.395 e. The van der Waals surface area contributed by atoms with Crippen molar-refractivity contribution in [3.63, 3.8) is 0 Å². The zero-order valence-electron chi connectivity index (χ0n) is 11.1. The summed E-state index contributed by atoms with van der Waals surface area (Å²) in [4.78, 5) is 17.9. The van der Waals surface area contributed by atoms with Crippen molar-refractivity contribution in [3.05, 3.63) is 59.8 Å². The van der Waals surface area contributed by atoms with E-state index in [2.05, 4.69) is 4.98 Å². The van der Waals surface area contributed by atoms with Gasteiger partial charge in [-0.05, 0) is 17.7 Å². The van der Waals surface area contributed by atoms with Gasteiger partial charge in [-0.1, -0.05) is 30.3 Å². The van der Waals surface area contributed by atoms with Crippen LogP contribution in [0.3, 0.4) is 0 Å². The molecule has 1 aromatic heterocycles. The third-order valence-corrected chi connectivity index (χ3v) is 2.94. The van der Waals surface area contributed by atoms with Crippen LogP contribution in [0.4, 0.5) is 5.82 Å². The number of benzene rings is 1. The molecule has 1 heterocycles. The largest absolute Gasteiger partial charge is 0.395 e.